The highest BCUT2D eigenvalue weighted by Crippen LogP contribution is 2.28. The Bertz CT molecular complexity index is 628. The van der Waals surface area contributed by atoms with E-state index in [0.717, 1.165) is 16.7 Å². The predicted octanol–water partition coefficient (Wildman–Crippen LogP) is 4.71. The second-order valence-corrected chi connectivity index (χ2v) is 7.61. The lowest BCUT2D eigenvalue weighted by Crippen LogP contribution is -2.16. The number of hydrogen-bond acceptors (Lipinski definition) is 2. The Morgan fingerprint density at radius 2 is 1.76 bits per heavy atom. The van der Waals surface area contributed by atoms with Crippen LogP contribution in [0.4, 0.5) is 5.69 Å². The van der Waals surface area contributed by atoms with Gasteiger partial charge in [0.1, 0.15) is 0 Å². The van der Waals surface area contributed by atoms with E-state index in [0.29, 0.717) is 0 Å². The topological polar surface area (TPSA) is 29.9 Å². The molecule has 2 aromatic rings. The molecule has 1 aromatic heterocycles. The van der Waals surface area contributed by atoms with E-state index >= 15 is 0 Å². The van der Waals surface area contributed by atoms with E-state index in [9.17, 15) is 0 Å². The van der Waals surface area contributed by atoms with E-state index in [1.165, 1.54) is 22.4 Å². The summed E-state index contributed by atoms with van der Waals surface area (Å²) in [5.74, 6) is 0. The fraction of sp³-hybridized carbons (Fsp3) is 0.471. The zero-order chi connectivity index (χ0) is 15.8. The van der Waals surface area contributed by atoms with Crippen LogP contribution in [0, 0.1) is 13.8 Å². The lowest BCUT2D eigenvalue weighted by molar-refractivity contribution is 0.549. The molecule has 0 atom stereocenters. The highest BCUT2D eigenvalue weighted by atomic mass is 79.9. The zero-order valence-electron chi connectivity index (χ0n) is 13.7. The van der Waals surface area contributed by atoms with Gasteiger partial charge in [0.15, 0.2) is 0 Å². The summed E-state index contributed by atoms with van der Waals surface area (Å²) in [6, 6.07) is 4.28. The largest absolute Gasteiger partial charge is 0.380 e. The van der Waals surface area contributed by atoms with Crippen molar-refractivity contribution < 1.29 is 0 Å². The third-order valence-electron chi connectivity index (χ3n) is 3.57. The number of aromatic nitrogens is 2. The predicted molar refractivity (Wildman–Crippen MR) is 92.9 cm³/mol. The van der Waals surface area contributed by atoms with Crippen molar-refractivity contribution in [1.82, 2.24) is 9.78 Å². The summed E-state index contributed by atoms with van der Waals surface area (Å²) >= 11 is 3.54. The first-order valence-electron chi connectivity index (χ1n) is 7.22. The van der Waals surface area contributed by atoms with Gasteiger partial charge < -0.3 is 5.32 Å². The molecule has 0 amide bonds. The maximum atomic E-state index is 4.62. The van der Waals surface area contributed by atoms with Gasteiger partial charge in [-0.15, -0.1) is 0 Å². The maximum absolute atomic E-state index is 4.62. The van der Waals surface area contributed by atoms with Crippen LogP contribution in [0.25, 0.3) is 0 Å². The molecule has 2 rings (SSSR count). The zero-order valence-corrected chi connectivity index (χ0v) is 15.3. The van der Waals surface area contributed by atoms with Crippen molar-refractivity contribution in [2.45, 2.75) is 46.6 Å². The molecule has 1 N–H and O–H groups in total. The van der Waals surface area contributed by atoms with E-state index in [1.54, 1.807) is 0 Å². The summed E-state index contributed by atoms with van der Waals surface area (Å²) in [6.07, 6.45) is 2.11. The quantitative estimate of drug-likeness (QED) is 0.869. The lowest BCUT2D eigenvalue weighted by atomic mass is 9.89. The molecule has 4 heteroatoms. The van der Waals surface area contributed by atoms with Gasteiger partial charge in [-0.1, -0.05) is 36.7 Å². The van der Waals surface area contributed by atoms with Crippen molar-refractivity contribution in [3.8, 4) is 0 Å². The molecular weight excluding hydrogens is 326 g/mol. The van der Waals surface area contributed by atoms with Gasteiger partial charge >= 0.3 is 0 Å². The molecule has 0 saturated heterocycles. The van der Waals surface area contributed by atoms with Gasteiger partial charge in [0.05, 0.1) is 5.69 Å². The number of rotatable bonds is 3. The van der Waals surface area contributed by atoms with Gasteiger partial charge in [0, 0.05) is 40.9 Å². The summed E-state index contributed by atoms with van der Waals surface area (Å²) in [5.41, 5.74) is 6.19. The minimum absolute atomic E-state index is 0.0576. The Balaban J connectivity index is 2.25. The summed E-state index contributed by atoms with van der Waals surface area (Å²) < 4.78 is 3.03. The van der Waals surface area contributed by atoms with Gasteiger partial charge in [-0.05, 0) is 37.1 Å². The first-order chi connectivity index (χ1) is 9.68. The van der Waals surface area contributed by atoms with Crippen LogP contribution in [0.1, 0.15) is 43.2 Å². The van der Waals surface area contributed by atoms with Crippen LogP contribution in [0.2, 0.25) is 0 Å². The molecule has 0 aliphatic rings. The Morgan fingerprint density at radius 3 is 2.29 bits per heavy atom. The molecule has 1 aromatic carbocycles. The van der Waals surface area contributed by atoms with E-state index in [1.807, 2.05) is 11.7 Å². The molecule has 0 radical (unpaired) electrons. The second kappa shape index (κ2) is 5.84. The Morgan fingerprint density at radius 1 is 1.19 bits per heavy atom. The van der Waals surface area contributed by atoms with Crippen molar-refractivity contribution in [3.63, 3.8) is 0 Å². The SMILES string of the molecule is Cc1cc(Br)cc(C)c1NCc1cn(C)nc1C(C)(C)C. The van der Waals surface area contributed by atoms with Crippen LogP contribution in [0.5, 0.6) is 0 Å². The fourth-order valence-electron chi connectivity index (χ4n) is 2.67. The highest BCUT2D eigenvalue weighted by Gasteiger charge is 2.21. The van der Waals surface area contributed by atoms with Crippen LogP contribution < -0.4 is 5.32 Å². The molecular formula is C17H24BrN3. The van der Waals surface area contributed by atoms with Gasteiger partial charge in [-0.2, -0.15) is 5.10 Å². The third kappa shape index (κ3) is 3.67. The number of anilines is 1. The van der Waals surface area contributed by atoms with Gasteiger partial charge in [0.2, 0.25) is 0 Å². The minimum Gasteiger partial charge on any atom is -0.380 e. The molecule has 0 unspecified atom stereocenters. The van der Waals surface area contributed by atoms with Crippen LogP contribution in [0.15, 0.2) is 22.8 Å². The van der Waals surface area contributed by atoms with E-state index in [4.69, 9.17) is 0 Å². The van der Waals surface area contributed by atoms with Crippen molar-refractivity contribution >= 4 is 21.6 Å². The Hall–Kier alpha value is -1.29. The van der Waals surface area contributed by atoms with Crippen LogP contribution >= 0.6 is 15.9 Å². The average Bonchev–Trinajstić information content (AvgIpc) is 2.69. The molecule has 0 fully saturated rings. The van der Waals surface area contributed by atoms with E-state index < -0.39 is 0 Å². The number of hydrogen-bond donors (Lipinski definition) is 1. The van der Waals surface area contributed by atoms with Crippen LogP contribution in [-0.4, -0.2) is 9.78 Å². The monoisotopic (exact) mass is 349 g/mol. The van der Waals surface area contributed by atoms with Crippen molar-refractivity contribution in [2.75, 3.05) is 5.32 Å². The number of halogens is 1. The molecule has 3 nitrogen and oxygen atoms in total. The third-order valence-corrected chi connectivity index (χ3v) is 4.03. The number of benzene rings is 1. The standard InChI is InChI=1S/C17H24BrN3/c1-11-7-14(18)8-12(2)15(11)19-9-13-10-21(6)20-16(13)17(3,4)5/h7-8,10,19H,9H2,1-6H3. The second-order valence-electron chi connectivity index (χ2n) is 6.69. The van der Waals surface area contributed by atoms with Crippen LogP contribution in [-0.2, 0) is 19.0 Å². The normalized spacial score (nSPS) is 11.8. The van der Waals surface area contributed by atoms with Crippen LogP contribution in [0.3, 0.4) is 0 Å². The van der Waals surface area contributed by atoms with Gasteiger partial charge in [-0.25, -0.2) is 0 Å². The summed E-state index contributed by atoms with van der Waals surface area (Å²) in [7, 11) is 1.98. The van der Waals surface area contributed by atoms with Gasteiger partial charge in [-0.3, -0.25) is 4.68 Å². The molecule has 0 bridgehead atoms. The maximum Gasteiger partial charge on any atom is 0.0727 e. The van der Waals surface area contributed by atoms with Gasteiger partial charge in [0.25, 0.3) is 0 Å². The lowest BCUT2D eigenvalue weighted by Gasteiger charge is -2.19. The van der Waals surface area contributed by atoms with E-state index in [2.05, 4.69) is 79.3 Å². The molecule has 1 heterocycles. The fourth-order valence-corrected chi connectivity index (χ4v) is 3.36. The Kier molecular flexibility index (Phi) is 4.47. The average molecular weight is 350 g/mol. The van der Waals surface area contributed by atoms with E-state index in [-0.39, 0.29) is 5.41 Å². The first-order valence-corrected chi connectivity index (χ1v) is 8.01. The Labute approximate surface area is 135 Å². The summed E-state index contributed by atoms with van der Waals surface area (Å²) in [6.45, 7) is 11.7. The minimum atomic E-state index is 0.0576. The van der Waals surface area contributed by atoms with Crippen molar-refractivity contribution in [2.24, 2.45) is 7.05 Å². The molecule has 0 spiro atoms. The first kappa shape index (κ1) is 16.1. The molecule has 21 heavy (non-hydrogen) atoms. The number of aryl methyl sites for hydroxylation is 3. The molecule has 0 aliphatic carbocycles. The summed E-state index contributed by atoms with van der Waals surface area (Å²) in [4.78, 5) is 0. The number of nitrogens with zero attached hydrogens (tertiary/aromatic N) is 2. The van der Waals surface area contributed by atoms with Crippen molar-refractivity contribution in [3.05, 3.63) is 45.2 Å². The molecule has 0 aliphatic heterocycles. The summed E-state index contributed by atoms with van der Waals surface area (Å²) in [5, 5.41) is 8.20. The highest BCUT2D eigenvalue weighted by molar-refractivity contribution is 9.10. The molecule has 0 saturated carbocycles. The smallest absolute Gasteiger partial charge is 0.0727 e. The molecule has 114 valence electrons. The number of nitrogens with one attached hydrogen (secondary N) is 1. The van der Waals surface area contributed by atoms with Crippen molar-refractivity contribution in [1.29, 1.82) is 0 Å².